The van der Waals surface area contributed by atoms with E-state index in [1.165, 1.54) is 0 Å². The monoisotopic (exact) mass is 398 g/mol. The van der Waals surface area contributed by atoms with Gasteiger partial charge in [0, 0.05) is 39.6 Å². The number of hydrogen-bond donors (Lipinski definition) is 3. The molecule has 0 saturated heterocycles. The van der Waals surface area contributed by atoms with Crippen LogP contribution < -0.4 is 10.6 Å². The molecule has 2 aromatic carbocycles. The van der Waals surface area contributed by atoms with Crippen molar-refractivity contribution in [3.05, 3.63) is 94.9 Å². The Labute approximate surface area is 174 Å². The molecule has 2 heterocycles. The fourth-order valence-corrected chi connectivity index (χ4v) is 3.32. The van der Waals surface area contributed by atoms with E-state index < -0.39 is 0 Å². The lowest BCUT2D eigenvalue weighted by molar-refractivity contribution is 0.0949. The number of H-pyrrole nitrogens is 1. The summed E-state index contributed by atoms with van der Waals surface area (Å²) in [5.41, 5.74) is 5.60. The van der Waals surface area contributed by atoms with E-state index in [1.54, 1.807) is 36.5 Å². The molecule has 0 aliphatic rings. The molecule has 0 unspecified atom stereocenters. The average Bonchev–Trinajstić information content (AvgIpc) is 3.06. The van der Waals surface area contributed by atoms with E-state index >= 15 is 0 Å². The normalized spacial score (nSPS) is 10.7. The first-order valence-electron chi connectivity index (χ1n) is 9.70. The quantitative estimate of drug-likeness (QED) is 0.467. The van der Waals surface area contributed by atoms with Crippen LogP contribution in [0.5, 0.6) is 0 Å². The zero-order valence-corrected chi connectivity index (χ0v) is 16.8. The fourth-order valence-electron chi connectivity index (χ4n) is 3.32. The number of hydrogen-bond acceptors (Lipinski definition) is 3. The molecular weight excluding hydrogens is 376 g/mol. The van der Waals surface area contributed by atoms with Gasteiger partial charge in [0.1, 0.15) is 0 Å². The summed E-state index contributed by atoms with van der Waals surface area (Å²) in [7, 11) is 0. The number of carbonyl (C=O) groups is 2. The van der Waals surface area contributed by atoms with Gasteiger partial charge in [-0.1, -0.05) is 12.1 Å². The van der Waals surface area contributed by atoms with Gasteiger partial charge in [0.2, 0.25) is 0 Å². The highest BCUT2D eigenvalue weighted by atomic mass is 16.2. The first-order valence-corrected chi connectivity index (χ1v) is 9.70. The standard InChI is InChI=1S/C24H22N4O2/c1-15-16(2)27-22-10-9-18(13-21(15)22)24(30)28-19-8-5-6-17(12-19)23(29)26-14-20-7-3-4-11-25-20/h3-13,27H,14H2,1-2H3,(H,26,29)(H,28,30). The van der Waals surface area contributed by atoms with E-state index in [2.05, 4.69) is 20.6 Å². The smallest absolute Gasteiger partial charge is 0.255 e. The molecule has 0 atom stereocenters. The Hall–Kier alpha value is -3.93. The first kappa shape index (κ1) is 19.4. The first-order chi connectivity index (χ1) is 14.5. The van der Waals surface area contributed by atoms with E-state index in [4.69, 9.17) is 0 Å². The van der Waals surface area contributed by atoms with Gasteiger partial charge in [0.15, 0.2) is 0 Å². The van der Waals surface area contributed by atoms with Crippen molar-refractivity contribution in [1.82, 2.24) is 15.3 Å². The maximum absolute atomic E-state index is 12.7. The predicted octanol–water partition coefficient (Wildman–Crippen LogP) is 4.36. The Morgan fingerprint density at radius 3 is 2.57 bits per heavy atom. The van der Waals surface area contributed by atoms with Crippen LogP contribution in [0.3, 0.4) is 0 Å². The van der Waals surface area contributed by atoms with Gasteiger partial charge in [-0.25, -0.2) is 0 Å². The molecule has 0 saturated carbocycles. The van der Waals surface area contributed by atoms with Crippen LogP contribution >= 0.6 is 0 Å². The van der Waals surface area contributed by atoms with Gasteiger partial charge in [-0.3, -0.25) is 14.6 Å². The molecule has 0 aliphatic carbocycles. The molecule has 0 spiro atoms. The van der Waals surface area contributed by atoms with Crippen LogP contribution in [-0.4, -0.2) is 21.8 Å². The number of amides is 2. The minimum absolute atomic E-state index is 0.221. The largest absolute Gasteiger partial charge is 0.358 e. The highest BCUT2D eigenvalue weighted by molar-refractivity contribution is 6.07. The summed E-state index contributed by atoms with van der Waals surface area (Å²) in [6.45, 7) is 4.38. The second-order valence-corrected chi connectivity index (χ2v) is 7.17. The van der Waals surface area contributed by atoms with Gasteiger partial charge in [0.05, 0.1) is 12.2 Å². The molecule has 6 heteroatoms. The van der Waals surface area contributed by atoms with Crippen LogP contribution in [0.4, 0.5) is 5.69 Å². The number of aromatic amines is 1. The summed E-state index contributed by atoms with van der Waals surface area (Å²) in [6.07, 6.45) is 1.69. The number of pyridine rings is 1. The summed E-state index contributed by atoms with van der Waals surface area (Å²) < 4.78 is 0. The molecule has 3 N–H and O–H groups in total. The maximum Gasteiger partial charge on any atom is 0.255 e. The molecular formula is C24H22N4O2. The van der Waals surface area contributed by atoms with Crippen LogP contribution in [0.15, 0.2) is 66.9 Å². The minimum Gasteiger partial charge on any atom is -0.358 e. The van der Waals surface area contributed by atoms with Crippen LogP contribution in [0.1, 0.15) is 37.7 Å². The number of rotatable bonds is 5. The molecule has 0 bridgehead atoms. The van der Waals surface area contributed by atoms with Gasteiger partial charge in [-0.2, -0.15) is 0 Å². The van der Waals surface area contributed by atoms with Crippen molar-refractivity contribution < 1.29 is 9.59 Å². The molecule has 0 radical (unpaired) electrons. The Morgan fingerprint density at radius 2 is 1.77 bits per heavy atom. The number of aromatic nitrogens is 2. The molecule has 0 fully saturated rings. The Morgan fingerprint density at radius 1 is 0.933 bits per heavy atom. The van der Waals surface area contributed by atoms with Crippen molar-refractivity contribution in [2.45, 2.75) is 20.4 Å². The van der Waals surface area contributed by atoms with Gasteiger partial charge in [-0.15, -0.1) is 0 Å². The third kappa shape index (κ3) is 4.07. The van der Waals surface area contributed by atoms with Crippen molar-refractivity contribution in [2.24, 2.45) is 0 Å². The molecule has 6 nitrogen and oxygen atoms in total. The van der Waals surface area contributed by atoms with Gasteiger partial charge < -0.3 is 15.6 Å². The van der Waals surface area contributed by atoms with E-state index in [-0.39, 0.29) is 11.8 Å². The van der Waals surface area contributed by atoms with Gasteiger partial charge >= 0.3 is 0 Å². The third-order valence-corrected chi connectivity index (χ3v) is 5.11. The summed E-state index contributed by atoms with van der Waals surface area (Å²) in [6, 6.07) is 18.0. The SMILES string of the molecule is Cc1[nH]c2ccc(C(=O)Nc3cccc(C(=O)NCc4ccccn4)c3)cc2c1C. The Kier molecular flexibility index (Phi) is 5.30. The van der Waals surface area contributed by atoms with E-state index in [0.29, 0.717) is 23.4 Å². The van der Waals surface area contributed by atoms with Crippen molar-refractivity contribution in [3.63, 3.8) is 0 Å². The summed E-state index contributed by atoms with van der Waals surface area (Å²) in [4.78, 5) is 32.7. The Bertz CT molecular complexity index is 1230. The van der Waals surface area contributed by atoms with Gasteiger partial charge in [0.25, 0.3) is 11.8 Å². The second kappa shape index (κ2) is 8.21. The maximum atomic E-state index is 12.7. The van der Waals surface area contributed by atoms with Crippen LogP contribution in [0.2, 0.25) is 0 Å². The van der Waals surface area contributed by atoms with Crippen molar-refractivity contribution in [2.75, 3.05) is 5.32 Å². The minimum atomic E-state index is -0.225. The number of anilines is 1. The second-order valence-electron chi connectivity index (χ2n) is 7.17. The fraction of sp³-hybridized carbons (Fsp3) is 0.125. The van der Waals surface area contributed by atoms with Crippen LogP contribution in [0, 0.1) is 13.8 Å². The topological polar surface area (TPSA) is 86.9 Å². The molecule has 4 rings (SSSR count). The highest BCUT2D eigenvalue weighted by Crippen LogP contribution is 2.23. The number of benzene rings is 2. The van der Waals surface area contributed by atoms with Crippen molar-refractivity contribution in [1.29, 1.82) is 0 Å². The molecule has 2 amide bonds. The zero-order valence-electron chi connectivity index (χ0n) is 16.8. The molecule has 30 heavy (non-hydrogen) atoms. The van der Waals surface area contributed by atoms with E-state index in [0.717, 1.165) is 27.9 Å². The van der Waals surface area contributed by atoms with E-state index in [9.17, 15) is 9.59 Å². The lowest BCUT2D eigenvalue weighted by Crippen LogP contribution is -2.23. The number of aryl methyl sites for hydroxylation is 2. The number of fused-ring (bicyclic) bond motifs is 1. The number of nitrogens with zero attached hydrogens (tertiary/aromatic N) is 1. The molecule has 0 aliphatic heterocycles. The third-order valence-electron chi connectivity index (χ3n) is 5.11. The predicted molar refractivity (Wildman–Crippen MR) is 118 cm³/mol. The summed E-state index contributed by atoms with van der Waals surface area (Å²) in [5.74, 6) is -0.446. The molecule has 150 valence electrons. The van der Waals surface area contributed by atoms with Crippen LogP contribution in [-0.2, 0) is 6.54 Å². The lowest BCUT2D eigenvalue weighted by atomic mass is 10.1. The van der Waals surface area contributed by atoms with Crippen molar-refractivity contribution >= 4 is 28.4 Å². The van der Waals surface area contributed by atoms with Crippen LogP contribution in [0.25, 0.3) is 10.9 Å². The lowest BCUT2D eigenvalue weighted by Gasteiger charge is -2.09. The molecule has 4 aromatic rings. The summed E-state index contributed by atoms with van der Waals surface area (Å²) >= 11 is 0. The number of nitrogens with one attached hydrogen (secondary N) is 3. The number of carbonyl (C=O) groups excluding carboxylic acids is 2. The zero-order chi connectivity index (χ0) is 21.1. The molecule has 2 aromatic heterocycles. The van der Waals surface area contributed by atoms with Gasteiger partial charge in [-0.05, 0) is 67.9 Å². The highest BCUT2D eigenvalue weighted by Gasteiger charge is 2.12. The Balaban J connectivity index is 1.46. The summed E-state index contributed by atoms with van der Waals surface area (Å²) in [5, 5.41) is 6.75. The average molecular weight is 398 g/mol. The van der Waals surface area contributed by atoms with E-state index in [1.807, 2.05) is 44.2 Å². The van der Waals surface area contributed by atoms with Crippen molar-refractivity contribution in [3.8, 4) is 0 Å².